The first-order chi connectivity index (χ1) is 17.9. The van der Waals surface area contributed by atoms with Gasteiger partial charge in [0.2, 0.25) is 0 Å². The van der Waals surface area contributed by atoms with Crippen LogP contribution in [-0.2, 0) is 14.3 Å². The third kappa shape index (κ3) is 6.39. The van der Waals surface area contributed by atoms with Gasteiger partial charge in [-0.15, -0.1) is 0 Å². The molecule has 8 nitrogen and oxygen atoms in total. The number of imide groups is 1. The fourth-order valence-electron chi connectivity index (χ4n) is 3.49. The lowest BCUT2D eigenvalue weighted by atomic mass is 10.0. The van der Waals surface area contributed by atoms with Crippen LogP contribution in [0.5, 0.6) is 23.0 Å². The van der Waals surface area contributed by atoms with Crippen molar-refractivity contribution < 1.29 is 33.3 Å². The van der Waals surface area contributed by atoms with Crippen molar-refractivity contribution in [1.29, 1.82) is 0 Å². The maximum Gasteiger partial charge on any atom is 0.338 e. The van der Waals surface area contributed by atoms with Crippen molar-refractivity contribution in [2.24, 2.45) is 0 Å². The highest BCUT2D eigenvalue weighted by atomic mass is 32.2. The minimum atomic E-state index is -0.490. The summed E-state index contributed by atoms with van der Waals surface area (Å²) in [5.41, 5.74) is 2.47. The maximum absolute atomic E-state index is 12.6. The number of amides is 2. The highest BCUT2D eigenvalue weighted by molar-refractivity contribution is 8.18. The largest absolute Gasteiger partial charge is 0.497 e. The molecule has 0 aliphatic carbocycles. The van der Waals surface area contributed by atoms with Gasteiger partial charge in [-0.25, -0.2) is 4.79 Å². The molecule has 4 rings (SSSR count). The molecule has 1 saturated heterocycles. The highest BCUT2D eigenvalue weighted by Gasteiger charge is 2.24. The molecule has 37 heavy (non-hydrogen) atoms. The van der Waals surface area contributed by atoms with E-state index in [0.717, 1.165) is 17.3 Å². The standard InChI is InChI=1S/C28H23NO7S/c1-33-22-12-18(13-23(16-22)34-2)14-24(27(31)35-3)19-6-10-21(11-7-19)36-20-8-4-17(5-9-20)15-25-26(30)29-28(32)37-25/h4-16H,1-3H3,(H,29,30,32). The van der Waals surface area contributed by atoms with Crippen LogP contribution in [0.15, 0.2) is 71.6 Å². The molecule has 1 heterocycles. The first kappa shape index (κ1) is 25.6. The number of hydrogen-bond acceptors (Lipinski definition) is 8. The number of ether oxygens (including phenoxy) is 4. The van der Waals surface area contributed by atoms with Crippen LogP contribution in [0, 0.1) is 0 Å². The van der Waals surface area contributed by atoms with Gasteiger partial charge in [-0.3, -0.25) is 14.9 Å². The zero-order chi connectivity index (χ0) is 26.4. The Morgan fingerprint density at radius 1 is 0.784 bits per heavy atom. The number of methoxy groups -OCH3 is 3. The highest BCUT2D eigenvalue weighted by Crippen LogP contribution is 2.30. The molecule has 0 aromatic heterocycles. The first-order valence-corrected chi connectivity index (χ1v) is 11.9. The summed E-state index contributed by atoms with van der Waals surface area (Å²) in [5, 5.41) is 1.84. The van der Waals surface area contributed by atoms with Crippen molar-refractivity contribution >= 4 is 46.6 Å². The molecule has 0 radical (unpaired) electrons. The molecule has 0 spiro atoms. The van der Waals surface area contributed by atoms with E-state index >= 15 is 0 Å². The van der Waals surface area contributed by atoms with Crippen LogP contribution >= 0.6 is 11.8 Å². The fraction of sp³-hybridized carbons (Fsp3) is 0.107. The lowest BCUT2D eigenvalue weighted by Gasteiger charge is -2.10. The van der Waals surface area contributed by atoms with E-state index in [4.69, 9.17) is 18.9 Å². The summed E-state index contributed by atoms with van der Waals surface area (Å²) in [6.07, 6.45) is 3.35. The van der Waals surface area contributed by atoms with Crippen molar-refractivity contribution in [3.05, 3.63) is 88.3 Å². The summed E-state index contributed by atoms with van der Waals surface area (Å²) in [7, 11) is 4.44. The number of benzene rings is 3. The normalized spacial score (nSPS) is 14.4. The number of hydrogen-bond donors (Lipinski definition) is 1. The van der Waals surface area contributed by atoms with Crippen LogP contribution in [-0.4, -0.2) is 38.4 Å². The number of carbonyl (C=O) groups is 3. The van der Waals surface area contributed by atoms with Gasteiger partial charge in [-0.05, 0) is 77.0 Å². The van der Waals surface area contributed by atoms with Gasteiger partial charge in [-0.2, -0.15) is 0 Å². The summed E-state index contributed by atoms with van der Waals surface area (Å²) < 4.78 is 21.5. The molecule has 1 aliphatic heterocycles. The molecule has 1 fully saturated rings. The van der Waals surface area contributed by atoms with Crippen LogP contribution in [0.1, 0.15) is 16.7 Å². The Labute approximate surface area is 217 Å². The fourth-order valence-corrected chi connectivity index (χ4v) is 4.17. The predicted molar refractivity (Wildman–Crippen MR) is 141 cm³/mol. The Kier molecular flexibility index (Phi) is 7.95. The summed E-state index contributed by atoms with van der Waals surface area (Å²) in [5.74, 6) is 1.46. The Hall–Kier alpha value is -4.50. The van der Waals surface area contributed by atoms with E-state index in [1.165, 1.54) is 7.11 Å². The van der Waals surface area contributed by atoms with E-state index in [0.29, 0.717) is 44.6 Å². The Morgan fingerprint density at radius 3 is 1.89 bits per heavy atom. The van der Waals surface area contributed by atoms with Crippen molar-refractivity contribution in [3.63, 3.8) is 0 Å². The van der Waals surface area contributed by atoms with E-state index < -0.39 is 11.9 Å². The quantitative estimate of drug-likeness (QED) is 0.236. The average molecular weight is 518 g/mol. The van der Waals surface area contributed by atoms with Crippen LogP contribution in [0.2, 0.25) is 0 Å². The molecule has 2 amide bonds. The lowest BCUT2D eigenvalue weighted by Crippen LogP contribution is -2.17. The third-order valence-electron chi connectivity index (χ3n) is 5.31. The number of carbonyl (C=O) groups excluding carboxylic acids is 3. The van der Waals surface area contributed by atoms with E-state index in [1.807, 2.05) is 0 Å². The summed E-state index contributed by atoms with van der Waals surface area (Å²) in [6.45, 7) is 0. The van der Waals surface area contributed by atoms with Gasteiger partial charge >= 0.3 is 5.97 Å². The van der Waals surface area contributed by atoms with Gasteiger partial charge in [0.1, 0.15) is 23.0 Å². The Morgan fingerprint density at radius 2 is 1.38 bits per heavy atom. The van der Waals surface area contributed by atoms with Gasteiger partial charge in [0.15, 0.2) is 0 Å². The molecular formula is C28H23NO7S. The number of nitrogens with one attached hydrogen (secondary N) is 1. The predicted octanol–water partition coefficient (Wildman–Crippen LogP) is 5.53. The second-order valence-corrected chi connectivity index (χ2v) is 8.76. The van der Waals surface area contributed by atoms with Crippen molar-refractivity contribution in [1.82, 2.24) is 5.32 Å². The first-order valence-electron chi connectivity index (χ1n) is 11.0. The molecule has 0 unspecified atom stereocenters. The molecule has 1 aliphatic rings. The van der Waals surface area contributed by atoms with Gasteiger partial charge in [0.05, 0.1) is 31.8 Å². The summed E-state index contributed by atoms with van der Waals surface area (Å²) in [4.78, 5) is 35.9. The molecule has 0 bridgehead atoms. The van der Waals surface area contributed by atoms with Crippen LogP contribution in [0.25, 0.3) is 17.7 Å². The Bertz CT molecular complexity index is 1370. The third-order valence-corrected chi connectivity index (χ3v) is 6.12. The molecule has 3 aromatic rings. The number of rotatable bonds is 8. The smallest absolute Gasteiger partial charge is 0.338 e. The topological polar surface area (TPSA) is 100 Å². The van der Waals surface area contributed by atoms with Crippen LogP contribution < -0.4 is 19.5 Å². The molecule has 188 valence electrons. The molecule has 1 N–H and O–H groups in total. The molecule has 9 heteroatoms. The van der Waals surface area contributed by atoms with Gasteiger partial charge in [-0.1, -0.05) is 24.3 Å². The Balaban J connectivity index is 1.52. The average Bonchev–Trinajstić information content (AvgIpc) is 3.24. The second kappa shape index (κ2) is 11.5. The van der Waals surface area contributed by atoms with E-state index in [2.05, 4.69) is 5.32 Å². The van der Waals surface area contributed by atoms with Gasteiger partial charge in [0.25, 0.3) is 11.1 Å². The number of thioether (sulfide) groups is 1. The summed E-state index contributed by atoms with van der Waals surface area (Å²) >= 11 is 0.867. The van der Waals surface area contributed by atoms with Gasteiger partial charge in [0, 0.05) is 6.07 Å². The van der Waals surface area contributed by atoms with Crippen LogP contribution in [0.3, 0.4) is 0 Å². The molecule has 0 atom stereocenters. The van der Waals surface area contributed by atoms with Crippen LogP contribution in [0.4, 0.5) is 4.79 Å². The maximum atomic E-state index is 12.6. The van der Waals surface area contributed by atoms with Crippen molar-refractivity contribution in [2.45, 2.75) is 0 Å². The minimum Gasteiger partial charge on any atom is -0.497 e. The zero-order valence-corrected chi connectivity index (χ0v) is 21.1. The minimum absolute atomic E-state index is 0.344. The SMILES string of the molecule is COC(=O)C(=Cc1cc(OC)cc(OC)c1)c1ccc(Oc2ccc(C=C3SC(=O)NC3=O)cc2)cc1. The second-order valence-electron chi connectivity index (χ2n) is 7.74. The monoisotopic (exact) mass is 517 g/mol. The molecular weight excluding hydrogens is 494 g/mol. The van der Waals surface area contributed by atoms with E-state index in [1.54, 1.807) is 93.1 Å². The van der Waals surface area contributed by atoms with E-state index in [9.17, 15) is 14.4 Å². The zero-order valence-electron chi connectivity index (χ0n) is 20.3. The van der Waals surface area contributed by atoms with E-state index in [-0.39, 0.29) is 5.24 Å². The molecule has 3 aromatic carbocycles. The number of esters is 1. The van der Waals surface area contributed by atoms with Crippen molar-refractivity contribution in [2.75, 3.05) is 21.3 Å². The molecule has 0 saturated carbocycles. The van der Waals surface area contributed by atoms with Crippen molar-refractivity contribution in [3.8, 4) is 23.0 Å². The lowest BCUT2D eigenvalue weighted by molar-refractivity contribution is -0.133. The summed E-state index contributed by atoms with van der Waals surface area (Å²) in [6, 6.07) is 19.4. The van der Waals surface area contributed by atoms with Gasteiger partial charge < -0.3 is 18.9 Å².